The summed E-state index contributed by atoms with van der Waals surface area (Å²) in [5.74, 6) is 0.0890. The van der Waals surface area contributed by atoms with Crippen molar-refractivity contribution >= 4 is 23.0 Å². The number of fused-ring (bicyclic) bond motifs is 1. The van der Waals surface area contributed by atoms with Gasteiger partial charge in [-0.3, -0.25) is 9.69 Å². The third-order valence-electron chi connectivity index (χ3n) is 4.60. The molecule has 1 aromatic rings. The highest BCUT2D eigenvalue weighted by Crippen LogP contribution is 2.31. The number of hydrogen-bond donors (Lipinski definition) is 3. The number of nitrogens with one attached hydrogen (secondary N) is 2. The van der Waals surface area contributed by atoms with Gasteiger partial charge >= 0.3 is 0 Å². The lowest BCUT2D eigenvalue weighted by Crippen LogP contribution is -2.34. The lowest BCUT2D eigenvalue weighted by Gasteiger charge is -2.25. The summed E-state index contributed by atoms with van der Waals surface area (Å²) in [7, 11) is 0. The molecule has 0 bridgehead atoms. The number of anilines is 3. The van der Waals surface area contributed by atoms with Crippen molar-refractivity contribution in [3.8, 4) is 0 Å². The van der Waals surface area contributed by atoms with Crippen LogP contribution >= 0.6 is 0 Å². The van der Waals surface area contributed by atoms with Gasteiger partial charge in [-0.1, -0.05) is 6.92 Å². The first kappa shape index (κ1) is 14.2. The Morgan fingerprint density at radius 1 is 1.43 bits per heavy atom. The Hall–Kier alpha value is -1.75. The SMILES string of the molecule is CCN1CCCC1CNc1cc2c(cc1N)CCC(=O)N2. The average Bonchev–Trinajstić information content (AvgIpc) is 2.93. The summed E-state index contributed by atoms with van der Waals surface area (Å²) in [5.41, 5.74) is 9.88. The van der Waals surface area contributed by atoms with E-state index in [2.05, 4.69) is 22.5 Å². The smallest absolute Gasteiger partial charge is 0.224 e. The van der Waals surface area contributed by atoms with Crippen molar-refractivity contribution in [2.45, 2.75) is 38.6 Å². The molecule has 2 aliphatic rings. The molecular formula is C16H24N4O. The van der Waals surface area contributed by atoms with Gasteiger partial charge in [0.2, 0.25) is 5.91 Å². The van der Waals surface area contributed by atoms with Crippen LogP contribution in [0.5, 0.6) is 0 Å². The molecule has 1 saturated heterocycles. The van der Waals surface area contributed by atoms with Gasteiger partial charge in [-0.15, -0.1) is 0 Å². The molecule has 0 aliphatic carbocycles. The summed E-state index contributed by atoms with van der Waals surface area (Å²) < 4.78 is 0. The molecule has 3 rings (SSSR count). The summed E-state index contributed by atoms with van der Waals surface area (Å²) >= 11 is 0. The molecule has 1 amide bonds. The lowest BCUT2D eigenvalue weighted by molar-refractivity contribution is -0.116. The zero-order chi connectivity index (χ0) is 14.8. The second-order valence-corrected chi connectivity index (χ2v) is 5.95. The van der Waals surface area contributed by atoms with Gasteiger partial charge in [0, 0.05) is 24.7 Å². The maximum absolute atomic E-state index is 11.5. The van der Waals surface area contributed by atoms with Crippen LogP contribution in [0.1, 0.15) is 31.7 Å². The van der Waals surface area contributed by atoms with Crippen LogP contribution < -0.4 is 16.4 Å². The maximum atomic E-state index is 11.5. The third kappa shape index (κ3) is 2.97. The van der Waals surface area contributed by atoms with E-state index in [-0.39, 0.29) is 5.91 Å². The van der Waals surface area contributed by atoms with E-state index in [1.807, 2.05) is 12.1 Å². The number of hydrogen-bond acceptors (Lipinski definition) is 4. The molecule has 114 valence electrons. The van der Waals surface area contributed by atoms with E-state index in [9.17, 15) is 4.79 Å². The third-order valence-corrected chi connectivity index (χ3v) is 4.60. The highest BCUT2D eigenvalue weighted by Gasteiger charge is 2.23. The first-order chi connectivity index (χ1) is 10.2. The molecule has 0 saturated carbocycles. The van der Waals surface area contributed by atoms with E-state index in [4.69, 9.17) is 5.73 Å². The van der Waals surface area contributed by atoms with Crippen molar-refractivity contribution < 1.29 is 4.79 Å². The number of likely N-dealkylation sites (N-methyl/N-ethyl adjacent to an activating group) is 1. The van der Waals surface area contributed by atoms with Gasteiger partial charge in [-0.2, -0.15) is 0 Å². The Morgan fingerprint density at radius 3 is 3.10 bits per heavy atom. The average molecular weight is 288 g/mol. The molecule has 1 fully saturated rings. The van der Waals surface area contributed by atoms with Crippen LogP contribution in [0.2, 0.25) is 0 Å². The fourth-order valence-corrected chi connectivity index (χ4v) is 3.37. The number of nitrogens with two attached hydrogens (primary N) is 1. The first-order valence-electron chi connectivity index (χ1n) is 7.87. The number of nitrogen functional groups attached to an aromatic ring is 1. The van der Waals surface area contributed by atoms with Crippen molar-refractivity contribution in [2.24, 2.45) is 0 Å². The Kier molecular flexibility index (Phi) is 4.01. The summed E-state index contributed by atoms with van der Waals surface area (Å²) in [5, 5.41) is 6.40. The van der Waals surface area contributed by atoms with Crippen molar-refractivity contribution in [1.82, 2.24) is 4.90 Å². The second-order valence-electron chi connectivity index (χ2n) is 5.95. The highest BCUT2D eigenvalue weighted by molar-refractivity contribution is 5.95. The van der Waals surface area contributed by atoms with Crippen molar-refractivity contribution in [1.29, 1.82) is 0 Å². The summed E-state index contributed by atoms with van der Waals surface area (Å²) in [4.78, 5) is 14.0. The number of rotatable bonds is 4. The molecule has 1 unspecified atom stereocenters. The molecule has 0 aromatic heterocycles. The summed E-state index contributed by atoms with van der Waals surface area (Å²) in [6.07, 6.45) is 3.84. The monoisotopic (exact) mass is 288 g/mol. The van der Waals surface area contributed by atoms with Gasteiger partial charge in [-0.25, -0.2) is 0 Å². The van der Waals surface area contributed by atoms with Crippen LogP contribution in [0.4, 0.5) is 17.1 Å². The van der Waals surface area contributed by atoms with Gasteiger partial charge in [0.05, 0.1) is 11.4 Å². The van der Waals surface area contributed by atoms with Crippen molar-refractivity contribution in [3.05, 3.63) is 17.7 Å². The Balaban J connectivity index is 1.70. The minimum atomic E-state index is 0.0890. The Labute approximate surface area is 125 Å². The molecular weight excluding hydrogens is 264 g/mol. The minimum absolute atomic E-state index is 0.0890. The molecule has 4 N–H and O–H groups in total. The molecule has 1 atom stereocenters. The topological polar surface area (TPSA) is 70.4 Å². The summed E-state index contributed by atoms with van der Waals surface area (Å²) in [6, 6.07) is 4.55. The normalized spacial score (nSPS) is 22.0. The predicted molar refractivity (Wildman–Crippen MR) is 86.6 cm³/mol. The fraction of sp³-hybridized carbons (Fsp3) is 0.562. The van der Waals surface area contributed by atoms with Crippen LogP contribution in [0.15, 0.2) is 12.1 Å². The molecule has 0 spiro atoms. The molecule has 21 heavy (non-hydrogen) atoms. The van der Waals surface area contributed by atoms with Crippen LogP contribution in [-0.4, -0.2) is 36.5 Å². The van der Waals surface area contributed by atoms with Gasteiger partial charge < -0.3 is 16.4 Å². The fourth-order valence-electron chi connectivity index (χ4n) is 3.37. The van der Waals surface area contributed by atoms with Crippen LogP contribution in [-0.2, 0) is 11.2 Å². The number of carbonyl (C=O) groups is 1. The second kappa shape index (κ2) is 5.93. The lowest BCUT2D eigenvalue weighted by atomic mass is 10.0. The van der Waals surface area contributed by atoms with Gasteiger partial charge in [0.15, 0.2) is 0 Å². The van der Waals surface area contributed by atoms with Crippen LogP contribution in [0.3, 0.4) is 0 Å². The van der Waals surface area contributed by atoms with E-state index >= 15 is 0 Å². The zero-order valence-electron chi connectivity index (χ0n) is 12.6. The van der Waals surface area contributed by atoms with E-state index in [1.165, 1.54) is 19.4 Å². The largest absolute Gasteiger partial charge is 0.397 e. The van der Waals surface area contributed by atoms with E-state index in [0.29, 0.717) is 12.5 Å². The number of likely N-dealkylation sites (tertiary alicyclic amines) is 1. The number of nitrogens with zero attached hydrogens (tertiary/aromatic N) is 1. The van der Waals surface area contributed by atoms with Gasteiger partial charge in [0.25, 0.3) is 0 Å². The summed E-state index contributed by atoms with van der Waals surface area (Å²) in [6.45, 7) is 5.41. The number of amides is 1. The predicted octanol–water partition coefficient (Wildman–Crippen LogP) is 2.05. The number of aryl methyl sites for hydroxylation is 1. The maximum Gasteiger partial charge on any atom is 0.224 e. The number of benzene rings is 1. The molecule has 1 aromatic carbocycles. The van der Waals surface area contributed by atoms with E-state index < -0.39 is 0 Å². The van der Waals surface area contributed by atoms with Crippen LogP contribution in [0, 0.1) is 0 Å². The standard InChI is InChI=1S/C16H24N4O/c1-2-20-7-3-4-12(20)10-18-15-9-14-11(8-13(15)17)5-6-16(21)19-14/h8-9,12,18H,2-7,10,17H2,1H3,(H,19,21). The van der Waals surface area contributed by atoms with Crippen molar-refractivity contribution in [2.75, 3.05) is 36.0 Å². The quantitative estimate of drug-likeness (QED) is 0.742. The first-order valence-corrected chi connectivity index (χ1v) is 7.87. The van der Waals surface area contributed by atoms with Crippen molar-refractivity contribution in [3.63, 3.8) is 0 Å². The van der Waals surface area contributed by atoms with E-state index in [0.717, 1.165) is 42.1 Å². The highest BCUT2D eigenvalue weighted by atomic mass is 16.1. The Morgan fingerprint density at radius 2 is 2.29 bits per heavy atom. The molecule has 5 heteroatoms. The minimum Gasteiger partial charge on any atom is -0.397 e. The number of carbonyl (C=O) groups excluding carboxylic acids is 1. The van der Waals surface area contributed by atoms with Gasteiger partial charge in [0.1, 0.15) is 0 Å². The van der Waals surface area contributed by atoms with Crippen LogP contribution in [0.25, 0.3) is 0 Å². The Bertz CT molecular complexity index is 543. The molecule has 0 radical (unpaired) electrons. The zero-order valence-corrected chi connectivity index (χ0v) is 12.6. The molecule has 2 heterocycles. The van der Waals surface area contributed by atoms with Gasteiger partial charge in [-0.05, 0) is 50.0 Å². The molecule has 2 aliphatic heterocycles. The molecule has 5 nitrogen and oxygen atoms in total. The van der Waals surface area contributed by atoms with E-state index in [1.54, 1.807) is 0 Å².